The Morgan fingerprint density at radius 3 is 2.43 bits per heavy atom. The summed E-state index contributed by atoms with van der Waals surface area (Å²) >= 11 is 0. The molecule has 0 aliphatic rings. The monoisotopic (exact) mass is 220 g/mol. The molecule has 0 amide bonds. The smallest absolute Gasteiger partial charge is 0.258 e. The molecule has 6 nitrogen and oxygen atoms in total. The van der Waals surface area contributed by atoms with Gasteiger partial charge in [-0.15, -0.1) is 0 Å². The molecule has 0 radical (unpaired) electrons. The molecular weight excluding hydrogens is 215 g/mol. The molecule has 0 fully saturated rings. The Kier molecular flexibility index (Phi) is 2.49. The van der Waals surface area contributed by atoms with Crippen LogP contribution in [-0.4, -0.2) is 13.3 Å². The van der Waals surface area contributed by atoms with Crippen LogP contribution in [0.1, 0.15) is 0 Å². The molecule has 0 saturated heterocycles. The number of nitro benzene ring substituents is 1. The Morgan fingerprint density at radius 2 is 2.00 bits per heavy atom. The summed E-state index contributed by atoms with van der Waals surface area (Å²) in [5, 5.41) is 15.0. The number of hydrogen-bond acceptors (Lipinski definition) is 4. The van der Waals surface area contributed by atoms with Crippen molar-refractivity contribution in [3.05, 3.63) is 34.1 Å². The highest BCUT2D eigenvalue weighted by molar-refractivity contribution is 7.89. The molecule has 0 bridgehead atoms. The van der Waals surface area contributed by atoms with Crippen LogP contribution in [0.5, 0.6) is 0 Å². The predicted molar refractivity (Wildman–Crippen MR) is 44.4 cm³/mol. The summed E-state index contributed by atoms with van der Waals surface area (Å²) < 4.78 is 34.2. The normalized spacial score (nSPS) is 11.3. The minimum Gasteiger partial charge on any atom is -0.258 e. The third kappa shape index (κ3) is 2.03. The predicted octanol–water partition coefficient (Wildman–Crippen LogP) is 0.381. The van der Waals surface area contributed by atoms with E-state index in [2.05, 4.69) is 5.14 Å². The first-order valence-electron chi connectivity index (χ1n) is 3.29. The van der Waals surface area contributed by atoms with E-state index in [9.17, 15) is 22.9 Å². The first-order valence-corrected chi connectivity index (χ1v) is 4.84. The first-order chi connectivity index (χ1) is 6.32. The minimum atomic E-state index is -4.28. The van der Waals surface area contributed by atoms with Gasteiger partial charge in [-0.05, 0) is 6.07 Å². The van der Waals surface area contributed by atoms with Gasteiger partial charge in [0.15, 0.2) is 4.90 Å². The SMILES string of the molecule is NS(=O)(=O)c1cc(F)ccc1[N+](=O)[O-]. The number of nitrogens with two attached hydrogens (primary N) is 1. The average molecular weight is 220 g/mol. The van der Waals surface area contributed by atoms with Gasteiger partial charge in [-0.3, -0.25) is 10.1 Å². The molecule has 0 aliphatic carbocycles. The number of nitrogens with zero attached hydrogens (tertiary/aromatic N) is 1. The van der Waals surface area contributed by atoms with Gasteiger partial charge in [-0.25, -0.2) is 17.9 Å². The van der Waals surface area contributed by atoms with Crippen molar-refractivity contribution in [1.29, 1.82) is 0 Å². The largest absolute Gasteiger partial charge is 0.289 e. The second-order valence-corrected chi connectivity index (χ2v) is 3.94. The fourth-order valence-corrected chi connectivity index (χ4v) is 1.58. The number of benzene rings is 1. The van der Waals surface area contributed by atoms with Crippen molar-refractivity contribution in [2.45, 2.75) is 4.90 Å². The van der Waals surface area contributed by atoms with Gasteiger partial charge in [-0.2, -0.15) is 0 Å². The van der Waals surface area contributed by atoms with Crippen LogP contribution in [0.15, 0.2) is 23.1 Å². The highest BCUT2D eigenvalue weighted by Crippen LogP contribution is 2.22. The molecule has 14 heavy (non-hydrogen) atoms. The molecule has 1 aromatic rings. The summed E-state index contributed by atoms with van der Waals surface area (Å²) in [5.74, 6) is -0.903. The van der Waals surface area contributed by atoms with Gasteiger partial charge in [0.2, 0.25) is 10.0 Å². The van der Waals surface area contributed by atoms with Crippen molar-refractivity contribution < 1.29 is 17.7 Å². The van der Waals surface area contributed by atoms with Crippen LogP contribution in [0.2, 0.25) is 0 Å². The summed E-state index contributed by atoms with van der Waals surface area (Å²) in [6, 6.07) is 2.04. The lowest BCUT2D eigenvalue weighted by Crippen LogP contribution is -2.14. The van der Waals surface area contributed by atoms with Crippen LogP contribution in [0.4, 0.5) is 10.1 Å². The molecule has 8 heteroatoms. The third-order valence-electron chi connectivity index (χ3n) is 1.43. The number of halogens is 1. The molecule has 76 valence electrons. The summed E-state index contributed by atoms with van der Waals surface area (Å²) in [7, 11) is -4.28. The van der Waals surface area contributed by atoms with Crippen LogP contribution in [0, 0.1) is 15.9 Å². The summed E-state index contributed by atoms with van der Waals surface area (Å²) in [5.41, 5.74) is -0.742. The van der Waals surface area contributed by atoms with Crippen LogP contribution in [0.25, 0.3) is 0 Å². The Morgan fingerprint density at radius 1 is 1.43 bits per heavy atom. The van der Waals surface area contributed by atoms with E-state index < -0.39 is 31.3 Å². The average Bonchev–Trinajstić information content (AvgIpc) is 2.01. The van der Waals surface area contributed by atoms with E-state index in [-0.39, 0.29) is 0 Å². The standard InChI is InChI=1S/C6H5FN2O4S/c7-4-1-2-5(9(10)11)6(3-4)14(8,12)13/h1-3H,(H2,8,12,13). The highest BCUT2D eigenvalue weighted by atomic mass is 32.2. The van der Waals surface area contributed by atoms with Gasteiger partial charge in [-0.1, -0.05) is 0 Å². The zero-order chi connectivity index (χ0) is 10.9. The molecular formula is C6H5FN2O4S. The van der Waals surface area contributed by atoms with E-state index >= 15 is 0 Å². The molecule has 2 N–H and O–H groups in total. The highest BCUT2D eigenvalue weighted by Gasteiger charge is 2.22. The maximum absolute atomic E-state index is 12.6. The minimum absolute atomic E-state index is 0.507. The van der Waals surface area contributed by atoms with Crippen molar-refractivity contribution in [1.82, 2.24) is 0 Å². The second kappa shape index (κ2) is 3.31. The van der Waals surface area contributed by atoms with Gasteiger partial charge >= 0.3 is 0 Å². The Balaban J connectivity index is 3.54. The van der Waals surface area contributed by atoms with Crippen molar-refractivity contribution in [2.75, 3.05) is 0 Å². The van der Waals surface area contributed by atoms with Crippen LogP contribution in [-0.2, 0) is 10.0 Å². The number of sulfonamides is 1. The molecule has 0 heterocycles. The topological polar surface area (TPSA) is 103 Å². The van der Waals surface area contributed by atoms with Crippen molar-refractivity contribution >= 4 is 15.7 Å². The van der Waals surface area contributed by atoms with Crippen molar-refractivity contribution in [2.24, 2.45) is 5.14 Å². The van der Waals surface area contributed by atoms with Gasteiger partial charge in [0, 0.05) is 12.1 Å². The molecule has 0 aliphatic heterocycles. The van der Waals surface area contributed by atoms with Gasteiger partial charge in [0.25, 0.3) is 5.69 Å². The summed E-state index contributed by atoms with van der Waals surface area (Å²) in [6.45, 7) is 0. The van der Waals surface area contributed by atoms with Crippen LogP contribution >= 0.6 is 0 Å². The number of primary sulfonamides is 1. The zero-order valence-electron chi connectivity index (χ0n) is 6.68. The van der Waals surface area contributed by atoms with E-state index in [1.54, 1.807) is 0 Å². The first kappa shape index (κ1) is 10.5. The molecule has 0 atom stereocenters. The summed E-state index contributed by atoms with van der Waals surface area (Å²) in [6.07, 6.45) is 0. The van der Waals surface area contributed by atoms with E-state index in [1.165, 1.54) is 0 Å². The summed E-state index contributed by atoms with van der Waals surface area (Å²) in [4.78, 5) is 8.57. The van der Waals surface area contributed by atoms with Gasteiger partial charge < -0.3 is 0 Å². The maximum atomic E-state index is 12.6. The van der Waals surface area contributed by atoms with E-state index in [4.69, 9.17) is 0 Å². The molecule has 0 saturated carbocycles. The Labute approximate surface area is 78.4 Å². The Hall–Kier alpha value is -1.54. The lowest BCUT2D eigenvalue weighted by molar-refractivity contribution is -0.387. The van der Waals surface area contributed by atoms with Crippen molar-refractivity contribution in [3.63, 3.8) is 0 Å². The van der Waals surface area contributed by atoms with E-state index in [1.807, 2.05) is 0 Å². The maximum Gasteiger partial charge on any atom is 0.289 e. The fraction of sp³-hybridized carbons (Fsp3) is 0. The van der Waals surface area contributed by atoms with E-state index in [0.717, 1.165) is 12.1 Å². The lowest BCUT2D eigenvalue weighted by atomic mass is 10.3. The van der Waals surface area contributed by atoms with Crippen LogP contribution < -0.4 is 5.14 Å². The molecule has 0 spiro atoms. The van der Waals surface area contributed by atoms with Crippen LogP contribution in [0.3, 0.4) is 0 Å². The molecule has 1 aromatic carbocycles. The second-order valence-electron chi connectivity index (χ2n) is 2.41. The molecule has 0 unspecified atom stereocenters. The van der Waals surface area contributed by atoms with Gasteiger partial charge in [0.05, 0.1) is 4.92 Å². The number of nitro groups is 1. The zero-order valence-corrected chi connectivity index (χ0v) is 7.49. The number of hydrogen-bond donors (Lipinski definition) is 1. The third-order valence-corrected chi connectivity index (χ3v) is 2.37. The fourth-order valence-electron chi connectivity index (χ4n) is 0.867. The van der Waals surface area contributed by atoms with Gasteiger partial charge in [0.1, 0.15) is 5.82 Å². The molecule has 1 rings (SSSR count). The van der Waals surface area contributed by atoms with Crippen molar-refractivity contribution in [3.8, 4) is 0 Å². The quantitative estimate of drug-likeness (QED) is 0.574. The lowest BCUT2D eigenvalue weighted by Gasteiger charge is -1.99. The number of rotatable bonds is 2. The molecule has 0 aromatic heterocycles. The van der Waals surface area contributed by atoms with E-state index in [0.29, 0.717) is 6.07 Å². The Bertz CT molecular complexity index is 485.